The second-order valence-electron chi connectivity index (χ2n) is 5.99. The SMILES string of the molecule is C[SiH](C)c1[nH]c2cccc(C(C)(C)C)c2c1Br. The fourth-order valence-corrected chi connectivity index (χ4v) is 5.25. The molecule has 0 fully saturated rings. The minimum atomic E-state index is -0.820. The highest BCUT2D eigenvalue weighted by Crippen LogP contribution is 2.33. The number of halogens is 1. The summed E-state index contributed by atoms with van der Waals surface area (Å²) < 4.78 is 1.29. The fourth-order valence-electron chi connectivity index (χ4n) is 2.25. The Hall–Kier alpha value is -0.543. The molecular weight excluding hydrogens is 290 g/mol. The van der Waals surface area contributed by atoms with Crippen LogP contribution in [0.2, 0.25) is 13.1 Å². The van der Waals surface area contributed by atoms with E-state index in [4.69, 9.17) is 0 Å². The Bertz CT molecular complexity index is 549. The van der Waals surface area contributed by atoms with Crippen molar-refractivity contribution in [3.63, 3.8) is 0 Å². The van der Waals surface area contributed by atoms with Crippen LogP contribution in [0.5, 0.6) is 0 Å². The Kier molecular flexibility index (Phi) is 3.25. The molecule has 92 valence electrons. The minimum absolute atomic E-state index is 0.181. The average molecular weight is 310 g/mol. The molecule has 0 aliphatic heterocycles. The van der Waals surface area contributed by atoms with Crippen LogP contribution >= 0.6 is 15.9 Å². The van der Waals surface area contributed by atoms with E-state index in [0.717, 1.165) is 0 Å². The van der Waals surface area contributed by atoms with Crippen molar-refractivity contribution in [3.05, 3.63) is 28.2 Å². The zero-order valence-corrected chi connectivity index (χ0v) is 13.9. The van der Waals surface area contributed by atoms with Gasteiger partial charge >= 0.3 is 0 Å². The van der Waals surface area contributed by atoms with Gasteiger partial charge in [-0.25, -0.2) is 0 Å². The van der Waals surface area contributed by atoms with Gasteiger partial charge in [-0.05, 0) is 33.0 Å². The quantitative estimate of drug-likeness (QED) is 0.768. The smallest absolute Gasteiger partial charge is 0.0869 e. The molecule has 0 bridgehead atoms. The molecule has 1 N–H and O–H groups in total. The molecule has 0 atom stereocenters. The van der Waals surface area contributed by atoms with Crippen LogP contribution in [0.15, 0.2) is 22.7 Å². The van der Waals surface area contributed by atoms with Gasteiger partial charge in [-0.2, -0.15) is 0 Å². The largest absolute Gasteiger partial charge is 0.361 e. The van der Waals surface area contributed by atoms with Gasteiger partial charge in [0.05, 0.1) is 8.80 Å². The second kappa shape index (κ2) is 4.29. The number of nitrogens with one attached hydrogen (secondary N) is 1. The van der Waals surface area contributed by atoms with Crippen molar-refractivity contribution in [2.45, 2.75) is 39.3 Å². The summed E-state index contributed by atoms with van der Waals surface area (Å²) in [6.45, 7) is 11.5. The number of rotatable bonds is 1. The Morgan fingerprint density at radius 2 is 1.82 bits per heavy atom. The van der Waals surface area contributed by atoms with E-state index in [1.54, 1.807) is 0 Å². The highest BCUT2D eigenvalue weighted by molar-refractivity contribution is 9.10. The third kappa shape index (κ3) is 2.23. The van der Waals surface area contributed by atoms with Crippen LogP contribution in [0.25, 0.3) is 10.9 Å². The van der Waals surface area contributed by atoms with E-state index < -0.39 is 8.80 Å². The highest BCUT2D eigenvalue weighted by atomic mass is 79.9. The molecule has 1 aromatic carbocycles. The molecule has 0 amide bonds. The number of aromatic amines is 1. The van der Waals surface area contributed by atoms with E-state index in [1.807, 2.05) is 0 Å². The molecule has 1 nitrogen and oxygen atoms in total. The summed E-state index contributed by atoms with van der Waals surface area (Å²) in [4.78, 5) is 3.59. The Morgan fingerprint density at radius 1 is 1.18 bits per heavy atom. The van der Waals surface area contributed by atoms with Gasteiger partial charge in [0.1, 0.15) is 0 Å². The molecule has 1 aromatic heterocycles. The van der Waals surface area contributed by atoms with E-state index in [1.165, 1.54) is 26.3 Å². The lowest BCUT2D eigenvalue weighted by molar-refractivity contribution is 0.596. The molecule has 0 aliphatic carbocycles. The molecule has 0 unspecified atom stereocenters. The van der Waals surface area contributed by atoms with Crippen molar-refractivity contribution in [2.75, 3.05) is 0 Å². The van der Waals surface area contributed by atoms with Crippen molar-refractivity contribution in [1.82, 2.24) is 4.98 Å². The van der Waals surface area contributed by atoms with E-state index in [9.17, 15) is 0 Å². The monoisotopic (exact) mass is 309 g/mol. The third-order valence-electron chi connectivity index (χ3n) is 3.18. The van der Waals surface area contributed by atoms with E-state index >= 15 is 0 Å². The van der Waals surface area contributed by atoms with Crippen molar-refractivity contribution >= 4 is 40.9 Å². The summed E-state index contributed by atoms with van der Waals surface area (Å²) in [5.41, 5.74) is 2.86. The van der Waals surface area contributed by atoms with Crippen LogP contribution in [0, 0.1) is 0 Å². The maximum atomic E-state index is 3.80. The molecule has 0 radical (unpaired) electrons. The fraction of sp³-hybridized carbons (Fsp3) is 0.429. The molecule has 0 saturated heterocycles. The maximum absolute atomic E-state index is 3.80. The first-order valence-corrected chi connectivity index (χ1v) is 9.81. The topological polar surface area (TPSA) is 15.8 Å². The molecule has 3 heteroatoms. The van der Waals surface area contributed by atoms with Crippen LogP contribution in [0.1, 0.15) is 26.3 Å². The highest BCUT2D eigenvalue weighted by Gasteiger charge is 2.21. The number of benzene rings is 1. The number of fused-ring (bicyclic) bond motifs is 1. The van der Waals surface area contributed by atoms with Crippen molar-refractivity contribution in [1.29, 1.82) is 0 Å². The summed E-state index contributed by atoms with van der Waals surface area (Å²) in [5, 5.41) is 2.80. The average Bonchev–Trinajstić information content (AvgIpc) is 2.55. The Labute approximate surface area is 113 Å². The predicted molar refractivity (Wildman–Crippen MR) is 83.2 cm³/mol. The lowest BCUT2D eigenvalue weighted by Crippen LogP contribution is -2.24. The van der Waals surface area contributed by atoms with E-state index in [-0.39, 0.29) is 5.41 Å². The molecular formula is C14H20BrNSi. The van der Waals surface area contributed by atoms with Gasteiger partial charge in [-0.1, -0.05) is 46.0 Å². The zero-order chi connectivity index (χ0) is 12.8. The van der Waals surface area contributed by atoms with Crippen LogP contribution in [-0.2, 0) is 5.41 Å². The molecule has 0 saturated carbocycles. The Morgan fingerprint density at radius 3 is 2.35 bits per heavy atom. The first-order valence-electron chi connectivity index (χ1n) is 6.13. The zero-order valence-electron chi connectivity index (χ0n) is 11.2. The van der Waals surface area contributed by atoms with Crippen LogP contribution in [0.4, 0.5) is 0 Å². The molecule has 0 aliphatic rings. The Balaban J connectivity index is 2.80. The first kappa shape index (κ1) is 12.9. The summed E-state index contributed by atoms with van der Waals surface area (Å²) in [5.74, 6) is 0. The number of hydrogen-bond acceptors (Lipinski definition) is 0. The molecule has 17 heavy (non-hydrogen) atoms. The summed E-state index contributed by atoms with van der Waals surface area (Å²) >= 11 is 3.80. The second-order valence-corrected chi connectivity index (χ2v) is 9.67. The van der Waals surface area contributed by atoms with Gasteiger partial charge < -0.3 is 4.98 Å². The van der Waals surface area contributed by atoms with Crippen LogP contribution in [-0.4, -0.2) is 13.8 Å². The van der Waals surface area contributed by atoms with E-state index in [2.05, 4.69) is 73.0 Å². The van der Waals surface area contributed by atoms with Gasteiger partial charge in [0.15, 0.2) is 0 Å². The van der Waals surface area contributed by atoms with Gasteiger partial charge in [-0.3, -0.25) is 0 Å². The molecule has 0 spiro atoms. The molecule has 2 rings (SSSR count). The van der Waals surface area contributed by atoms with E-state index in [0.29, 0.717) is 0 Å². The standard InChI is InChI=1S/C14H20BrNSi/c1-14(2,3)9-7-6-8-10-11(9)12(15)13(16-10)17(4)5/h6-8,16-17H,1-5H3. The van der Waals surface area contributed by atoms with Gasteiger partial charge in [0.2, 0.25) is 0 Å². The number of H-pyrrole nitrogens is 1. The maximum Gasteiger partial charge on any atom is 0.0869 e. The first-order chi connectivity index (χ1) is 7.82. The van der Waals surface area contributed by atoms with Crippen molar-refractivity contribution < 1.29 is 0 Å². The van der Waals surface area contributed by atoms with Gasteiger partial charge in [0.25, 0.3) is 0 Å². The van der Waals surface area contributed by atoms with Crippen molar-refractivity contribution in [3.8, 4) is 0 Å². The third-order valence-corrected chi connectivity index (χ3v) is 6.01. The van der Waals surface area contributed by atoms with Crippen molar-refractivity contribution in [2.24, 2.45) is 0 Å². The van der Waals surface area contributed by atoms with Crippen LogP contribution in [0.3, 0.4) is 0 Å². The lowest BCUT2D eigenvalue weighted by atomic mass is 9.85. The minimum Gasteiger partial charge on any atom is -0.361 e. The van der Waals surface area contributed by atoms with Crippen LogP contribution < -0.4 is 5.32 Å². The lowest BCUT2D eigenvalue weighted by Gasteiger charge is -2.20. The number of aromatic nitrogens is 1. The van der Waals surface area contributed by atoms with Gasteiger partial charge in [-0.15, -0.1) is 0 Å². The normalized spacial score (nSPS) is 12.6. The number of hydrogen-bond donors (Lipinski definition) is 1. The molecule has 1 heterocycles. The predicted octanol–water partition coefficient (Wildman–Crippen LogP) is 3.92. The van der Waals surface area contributed by atoms with Gasteiger partial charge in [0, 0.05) is 20.7 Å². The summed E-state index contributed by atoms with van der Waals surface area (Å²) in [6, 6.07) is 6.57. The summed E-state index contributed by atoms with van der Waals surface area (Å²) in [7, 11) is -0.820. The summed E-state index contributed by atoms with van der Waals surface area (Å²) in [6.07, 6.45) is 0. The molecule has 2 aromatic rings.